The van der Waals surface area contributed by atoms with Crippen molar-refractivity contribution in [2.24, 2.45) is 5.73 Å². The highest BCUT2D eigenvalue weighted by molar-refractivity contribution is 6.36. The number of primary amides is 1. The van der Waals surface area contributed by atoms with Crippen molar-refractivity contribution in [3.63, 3.8) is 0 Å². The van der Waals surface area contributed by atoms with E-state index in [2.05, 4.69) is 0 Å². The fraction of sp³-hybridized carbons (Fsp3) is 0.333. The number of nitrogens with two attached hydrogens (primary N) is 1. The molecular formula is C27H29ClN2O4. The Morgan fingerprint density at radius 2 is 1.74 bits per heavy atom. The Balaban J connectivity index is 1.67. The van der Waals surface area contributed by atoms with Crippen LogP contribution in [0.25, 0.3) is 10.8 Å². The standard InChI is InChI=1S/C27H29ClN2O4/c1-33-25-15-18(13-14-24(25)34-17-26(29)31)16-30(19-7-3-2-4-8-19)27(32)22-11-5-10-21-20(22)9-6-12-23(21)28/h5-6,9-15,19H,2-4,7-8,16-17H2,1H3,(H2,29,31). The first kappa shape index (κ1) is 23.9. The maximum atomic E-state index is 13.9. The van der Waals surface area contributed by atoms with Crippen molar-refractivity contribution in [1.29, 1.82) is 0 Å². The van der Waals surface area contributed by atoms with Gasteiger partial charge in [-0.25, -0.2) is 0 Å². The molecule has 1 aliphatic rings. The lowest BCUT2D eigenvalue weighted by Gasteiger charge is -2.35. The Hall–Kier alpha value is -3.25. The van der Waals surface area contributed by atoms with Gasteiger partial charge in [0.2, 0.25) is 0 Å². The van der Waals surface area contributed by atoms with Crippen LogP contribution in [-0.2, 0) is 11.3 Å². The SMILES string of the molecule is COc1cc(CN(C(=O)c2cccc3c(Cl)cccc23)C2CCCCC2)ccc1OCC(N)=O. The van der Waals surface area contributed by atoms with Crippen LogP contribution >= 0.6 is 11.6 Å². The van der Waals surface area contributed by atoms with Crippen LogP contribution in [0.2, 0.25) is 5.02 Å². The highest BCUT2D eigenvalue weighted by Crippen LogP contribution is 2.32. The monoisotopic (exact) mass is 480 g/mol. The van der Waals surface area contributed by atoms with Crippen LogP contribution in [0.4, 0.5) is 0 Å². The van der Waals surface area contributed by atoms with Crippen molar-refractivity contribution in [3.05, 3.63) is 70.7 Å². The van der Waals surface area contributed by atoms with Crippen molar-refractivity contribution in [3.8, 4) is 11.5 Å². The molecular weight excluding hydrogens is 452 g/mol. The molecule has 0 unspecified atom stereocenters. The number of halogens is 1. The van der Waals surface area contributed by atoms with E-state index in [9.17, 15) is 9.59 Å². The summed E-state index contributed by atoms with van der Waals surface area (Å²) in [6, 6.07) is 17.0. The average Bonchev–Trinajstić information content (AvgIpc) is 2.86. The Morgan fingerprint density at radius 1 is 1.00 bits per heavy atom. The van der Waals surface area contributed by atoms with Gasteiger partial charge >= 0.3 is 0 Å². The first-order valence-corrected chi connectivity index (χ1v) is 11.9. The number of amides is 2. The molecule has 4 rings (SSSR count). The highest BCUT2D eigenvalue weighted by Gasteiger charge is 2.28. The van der Waals surface area contributed by atoms with E-state index in [0.717, 1.165) is 42.0 Å². The second-order valence-electron chi connectivity index (χ2n) is 8.61. The van der Waals surface area contributed by atoms with Crippen molar-refractivity contribution >= 4 is 34.2 Å². The van der Waals surface area contributed by atoms with Crippen molar-refractivity contribution in [2.75, 3.05) is 13.7 Å². The predicted molar refractivity (Wildman–Crippen MR) is 133 cm³/mol. The van der Waals surface area contributed by atoms with E-state index in [1.54, 1.807) is 13.2 Å². The van der Waals surface area contributed by atoms with Gasteiger partial charge < -0.3 is 20.1 Å². The van der Waals surface area contributed by atoms with E-state index >= 15 is 0 Å². The van der Waals surface area contributed by atoms with Gasteiger partial charge in [0.1, 0.15) is 0 Å². The number of rotatable bonds is 8. The highest BCUT2D eigenvalue weighted by atomic mass is 35.5. The van der Waals surface area contributed by atoms with Crippen LogP contribution in [0, 0.1) is 0 Å². The molecule has 34 heavy (non-hydrogen) atoms. The summed E-state index contributed by atoms with van der Waals surface area (Å²) in [5, 5.41) is 2.36. The van der Waals surface area contributed by atoms with Gasteiger partial charge in [0.15, 0.2) is 18.1 Å². The molecule has 1 fully saturated rings. The first-order valence-electron chi connectivity index (χ1n) is 11.5. The molecule has 0 aromatic heterocycles. The Kier molecular flexibility index (Phi) is 7.58. The van der Waals surface area contributed by atoms with Gasteiger partial charge in [-0.2, -0.15) is 0 Å². The zero-order chi connectivity index (χ0) is 24.1. The molecule has 1 aliphatic carbocycles. The molecule has 7 heteroatoms. The Bertz CT molecular complexity index is 1190. The number of carbonyl (C=O) groups excluding carboxylic acids is 2. The molecule has 0 saturated heterocycles. The van der Waals surface area contributed by atoms with E-state index in [4.69, 9.17) is 26.8 Å². The number of hydrogen-bond donors (Lipinski definition) is 1. The fourth-order valence-corrected chi connectivity index (χ4v) is 4.88. The van der Waals surface area contributed by atoms with Gasteiger partial charge in [0.05, 0.1) is 7.11 Å². The predicted octanol–water partition coefficient (Wildman–Crippen LogP) is 5.34. The fourth-order valence-electron chi connectivity index (χ4n) is 4.65. The van der Waals surface area contributed by atoms with Crippen molar-refractivity contribution < 1.29 is 19.1 Å². The number of fused-ring (bicyclic) bond motifs is 1. The van der Waals surface area contributed by atoms with Crippen LogP contribution < -0.4 is 15.2 Å². The van der Waals surface area contributed by atoms with Crippen LogP contribution in [0.3, 0.4) is 0 Å². The van der Waals surface area contributed by atoms with Gasteiger partial charge in [-0.05, 0) is 48.1 Å². The summed E-state index contributed by atoms with van der Waals surface area (Å²) in [7, 11) is 1.54. The number of carbonyl (C=O) groups is 2. The molecule has 0 atom stereocenters. The summed E-state index contributed by atoms with van der Waals surface area (Å²) in [5.41, 5.74) is 6.76. The maximum absolute atomic E-state index is 13.9. The topological polar surface area (TPSA) is 81.9 Å². The van der Waals surface area contributed by atoms with Crippen LogP contribution in [-0.4, -0.2) is 36.5 Å². The molecule has 1 saturated carbocycles. The number of benzene rings is 3. The Labute approximate surface area is 204 Å². The molecule has 0 aliphatic heterocycles. The third kappa shape index (κ3) is 5.28. The first-order chi connectivity index (χ1) is 16.5. The maximum Gasteiger partial charge on any atom is 0.255 e. The number of methoxy groups -OCH3 is 1. The molecule has 0 spiro atoms. The van der Waals surface area contributed by atoms with Gasteiger partial charge in [-0.15, -0.1) is 0 Å². The number of nitrogens with zero attached hydrogens (tertiary/aromatic N) is 1. The molecule has 3 aromatic rings. The zero-order valence-corrected chi connectivity index (χ0v) is 20.0. The summed E-state index contributed by atoms with van der Waals surface area (Å²) in [5.74, 6) is 0.360. The molecule has 0 heterocycles. The summed E-state index contributed by atoms with van der Waals surface area (Å²) in [6.07, 6.45) is 5.38. The minimum absolute atomic E-state index is 0.00668. The van der Waals surface area contributed by atoms with Crippen molar-refractivity contribution in [2.45, 2.75) is 44.7 Å². The molecule has 3 aromatic carbocycles. The van der Waals surface area contributed by atoms with Gasteiger partial charge in [0, 0.05) is 28.6 Å². The molecule has 178 valence electrons. The zero-order valence-electron chi connectivity index (χ0n) is 19.3. The summed E-state index contributed by atoms with van der Waals surface area (Å²) in [6.45, 7) is 0.207. The average molecular weight is 481 g/mol. The van der Waals surface area contributed by atoms with E-state index in [-0.39, 0.29) is 18.6 Å². The lowest BCUT2D eigenvalue weighted by atomic mass is 9.92. The van der Waals surface area contributed by atoms with E-state index in [1.807, 2.05) is 53.4 Å². The minimum atomic E-state index is -0.560. The van der Waals surface area contributed by atoms with E-state index in [0.29, 0.717) is 28.6 Å². The van der Waals surface area contributed by atoms with Crippen LogP contribution in [0.5, 0.6) is 11.5 Å². The van der Waals surface area contributed by atoms with Crippen LogP contribution in [0.15, 0.2) is 54.6 Å². The van der Waals surface area contributed by atoms with Crippen LogP contribution in [0.1, 0.15) is 48.0 Å². The lowest BCUT2D eigenvalue weighted by molar-refractivity contribution is -0.119. The minimum Gasteiger partial charge on any atom is -0.493 e. The molecule has 2 N–H and O–H groups in total. The van der Waals surface area contributed by atoms with Gasteiger partial charge in [-0.3, -0.25) is 9.59 Å². The molecule has 0 bridgehead atoms. The molecule has 2 amide bonds. The summed E-state index contributed by atoms with van der Waals surface area (Å²) in [4.78, 5) is 27.0. The second-order valence-corrected chi connectivity index (χ2v) is 9.01. The quantitative estimate of drug-likeness (QED) is 0.471. The second kappa shape index (κ2) is 10.8. The van der Waals surface area contributed by atoms with Gasteiger partial charge in [0.25, 0.3) is 11.8 Å². The Morgan fingerprint density at radius 3 is 2.47 bits per heavy atom. The lowest BCUT2D eigenvalue weighted by Crippen LogP contribution is -2.41. The normalized spacial score (nSPS) is 14.1. The largest absolute Gasteiger partial charge is 0.493 e. The summed E-state index contributed by atoms with van der Waals surface area (Å²) < 4.78 is 10.9. The van der Waals surface area contributed by atoms with E-state index < -0.39 is 5.91 Å². The third-order valence-corrected chi connectivity index (χ3v) is 6.66. The molecule has 0 radical (unpaired) electrons. The van der Waals surface area contributed by atoms with E-state index in [1.165, 1.54) is 6.42 Å². The smallest absolute Gasteiger partial charge is 0.255 e. The van der Waals surface area contributed by atoms with Crippen molar-refractivity contribution in [1.82, 2.24) is 4.90 Å². The number of hydrogen-bond acceptors (Lipinski definition) is 4. The van der Waals surface area contributed by atoms with Gasteiger partial charge in [-0.1, -0.05) is 61.2 Å². The third-order valence-electron chi connectivity index (χ3n) is 6.33. The molecule has 6 nitrogen and oxygen atoms in total. The number of ether oxygens (including phenoxy) is 2. The summed E-state index contributed by atoms with van der Waals surface area (Å²) >= 11 is 6.41.